The number of benzene rings is 2. The number of rotatable bonds is 3. The largest absolute Gasteiger partial charge is 0 e. The molecule has 1 N–H and O–H groups in total. The Hall–Kier alpha value is -1.79. The summed E-state index contributed by atoms with van der Waals surface area (Å²) in [6, 6.07) is 20.6. The molecule has 2 aromatic carbocycles. The van der Waals surface area contributed by atoms with Crippen molar-refractivity contribution < 1.29 is 30.0 Å². The van der Waals surface area contributed by atoms with Gasteiger partial charge in [0.2, 0.25) is 0 Å². The zero-order valence-electron chi connectivity index (χ0n) is 18.3. The molecule has 6 heteroatoms. The molecule has 2 aromatic heterocycles. The quantitative estimate of drug-likeness (QED) is 0.117. The smallest absolute Gasteiger partial charge is 0 e. The van der Waals surface area contributed by atoms with E-state index in [9.17, 15) is 4.79 Å². The molecule has 4 aromatic rings. The van der Waals surface area contributed by atoms with Gasteiger partial charge in [-0.1, -0.05) is 0 Å². The zero-order valence-corrected chi connectivity index (χ0v) is 23.6. The first-order valence-electron chi connectivity index (χ1n) is 9.83. The normalized spacial score (nSPS) is 11.6. The molecule has 0 aliphatic heterocycles. The van der Waals surface area contributed by atoms with Gasteiger partial charge in [0.05, 0.1) is 5.76 Å². The van der Waals surface area contributed by atoms with Crippen LogP contribution >= 0.6 is 11.3 Å². The number of aliphatic hydroxyl groups excluding tert-OH is 1. The fourth-order valence-corrected chi connectivity index (χ4v) is 6.61. The molecule has 163 valence electrons. The maximum absolute atomic E-state index is 10.0. The second-order valence-electron chi connectivity index (χ2n) is 8.30. The van der Waals surface area contributed by atoms with Gasteiger partial charge in [0, 0.05) is 26.2 Å². The standard InChI is InChI=1S/C20H18GeNS.C5H8O2.Ir/c1-21(2,3)15-9-10-19-16(11-15)17-12-18(22-13-20(17)23-19)14-7-5-4-6-8-14;1-4(6)3-5(2)7;/h4-7,9-13H,1-3H3;3,6H,1-2H3;/q-1;;/b;4-3-;. The molecule has 2 heterocycles. The summed E-state index contributed by atoms with van der Waals surface area (Å²) in [6.45, 7) is 2.85. The topological polar surface area (TPSA) is 50.2 Å². The van der Waals surface area contributed by atoms with Crippen molar-refractivity contribution in [1.82, 2.24) is 4.98 Å². The van der Waals surface area contributed by atoms with Gasteiger partial charge in [0.15, 0.2) is 5.78 Å². The molecule has 0 atom stereocenters. The average Bonchev–Trinajstić information content (AvgIpc) is 3.04. The van der Waals surface area contributed by atoms with Crippen LogP contribution in [0.4, 0.5) is 0 Å². The summed E-state index contributed by atoms with van der Waals surface area (Å²) < 4.78 is 4.17. The van der Waals surface area contributed by atoms with Crippen molar-refractivity contribution in [2.24, 2.45) is 0 Å². The number of fused-ring (bicyclic) bond motifs is 3. The molecule has 0 aliphatic carbocycles. The third kappa shape index (κ3) is 6.60. The van der Waals surface area contributed by atoms with Gasteiger partial charge >= 0.3 is 143 Å². The minimum Gasteiger partial charge on any atom is 0 e. The number of carbonyl (C=O) groups is 1. The Bertz CT molecular complexity index is 1220. The Balaban J connectivity index is 0.000000373. The van der Waals surface area contributed by atoms with Crippen LogP contribution in [0, 0.1) is 6.07 Å². The van der Waals surface area contributed by atoms with Gasteiger partial charge in [-0.3, -0.25) is 4.79 Å². The number of nitrogens with zero attached hydrogens (tertiary/aromatic N) is 1. The summed E-state index contributed by atoms with van der Waals surface area (Å²) >= 11 is 0.0146. The zero-order chi connectivity index (χ0) is 21.9. The predicted octanol–water partition coefficient (Wildman–Crippen LogP) is 6.50. The monoisotopic (exact) mass is 671 g/mol. The van der Waals surface area contributed by atoms with Crippen LogP contribution in [0.5, 0.6) is 0 Å². The first-order chi connectivity index (χ1) is 14.1. The van der Waals surface area contributed by atoms with Crippen LogP contribution in [0.3, 0.4) is 0 Å². The van der Waals surface area contributed by atoms with Crippen molar-refractivity contribution in [3.8, 4) is 11.3 Å². The minimum atomic E-state index is -1.82. The summed E-state index contributed by atoms with van der Waals surface area (Å²) in [5.74, 6) is 7.28. The Kier molecular flexibility index (Phi) is 8.78. The number of pyridine rings is 1. The number of aromatic nitrogens is 1. The third-order valence-corrected chi connectivity index (χ3v) is 10.0. The molecule has 0 unspecified atom stereocenters. The molecule has 31 heavy (non-hydrogen) atoms. The Labute approximate surface area is 203 Å². The number of carbonyl (C=O) groups excluding carboxylic acids is 1. The van der Waals surface area contributed by atoms with E-state index < -0.39 is 13.3 Å². The molecule has 0 amide bonds. The maximum atomic E-state index is 10.0. The number of thiophene rings is 1. The molecule has 0 spiro atoms. The van der Waals surface area contributed by atoms with Crippen LogP contribution in [0.1, 0.15) is 13.8 Å². The Morgan fingerprint density at radius 2 is 1.77 bits per heavy atom. The van der Waals surface area contributed by atoms with Crippen LogP contribution in [-0.2, 0) is 24.9 Å². The van der Waals surface area contributed by atoms with Crippen LogP contribution in [0.15, 0.2) is 66.6 Å². The van der Waals surface area contributed by atoms with Gasteiger partial charge in [0.1, 0.15) is 0 Å². The molecule has 3 nitrogen and oxygen atoms in total. The molecule has 1 radical (unpaired) electrons. The van der Waals surface area contributed by atoms with Crippen molar-refractivity contribution in [1.29, 1.82) is 0 Å². The summed E-state index contributed by atoms with van der Waals surface area (Å²) in [4.78, 5) is 14.7. The van der Waals surface area contributed by atoms with Crippen molar-refractivity contribution in [2.75, 3.05) is 0 Å². The van der Waals surface area contributed by atoms with Gasteiger partial charge in [-0.25, -0.2) is 0 Å². The van der Waals surface area contributed by atoms with Gasteiger partial charge in [-0.15, -0.1) is 0 Å². The van der Waals surface area contributed by atoms with E-state index in [4.69, 9.17) is 5.11 Å². The maximum Gasteiger partial charge on any atom is 0 e. The van der Waals surface area contributed by atoms with E-state index in [0.717, 1.165) is 11.3 Å². The first kappa shape index (κ1) is 25.5. The number of hydrogen-bond donors (Lipinski definition) is 1. The number of aliphatic hydroxyl groups is 1. The van der Waals surface area contributed by atoms with E-state index in [1.165, 1.54) is 40.1 Å². The fraction of sp³-hybridized carbons (Fsp3) is 0.200. The van der Waals surface area contributed by atoms with Crippen molar-refractivity contribution in [3.05, 3.63) is 72.6 Å². The third-order valence-electron chi connectivity index (χ3n) is 4.62. The second-order valence-corrected chi connectivity index (χ2v) is 20.0. The average molecular weight is 669 g/mol. The van der Waals surface area contributed by atoms with E-state index in [1.54, 1.807) is 4.40 Å². The molecule has 0 bridgehead atoms. The van der Waals surface area contributed by atoms with Crippen molar-refractivity contribution >= 4 is 55.0 Å². The summed E-state index contributed by atoms with van der Waals surface area (Å²) in [7, 11) is 0. The molecule has 0 aliphatic rings. The van der Waals surface area contributed by atoms with Gasteiger partial charge in [-0.2, -0.15) is 0 Å². The molecule has 0 fully saturated rings. The van der Waals surface area contributed by atoms with Crippen LogP contribution in [0.2, 0.25) is 17.3 Å². The summed E-state index contributed by atoms with van der Waals surface area (Å²) in [5, 5.41) is 11.1. The number of hydrogen-bond acceptors (Lipinski definition) is 4. The summed E-state index contributed by atoms with van der Waals surface area (Å²) in [5.41, 5.74) is 2.05. The van der Waals surface area contributed by atoms with Crippen molar-refractivity contribution in [3.63, 3.8) is 0 Å². The molecular formula is C25H26GeIrNO2S-. The SMILES string of the molecule is CC(=O)/C=C(/C)O.[CH3][Ge]([CH3])([CH3])[c]1ccc2sc3cnc(-c4[c-]cccc4)cc3c2c1.[Ir]. The van der Waals surface area contributed by atoms with E-state index >= 15 is 0 Å². The number of allylic oxidation sites excluding steroid dienone is 2. The van der Waals surface area contributed by atoms with E-state index in [1.807, 2.05) is 35.7 Å². The van der Waals surface area contributed by atoms with E-state index in [2.05, 4.69) is 58.7 Å². The van der Waals surface area contributed by atoms with Crippen LogP contribution in [0.25, 0.3) is 31.4 Å². The molecule has 4 rings (SSSR count). The summed E-state index contributed by atoms with van der Waals surface area (Å²) in [6.07, 6.45) is 3.17. The van der Waals surface area contributed by atoms with Gasteiger partial charge in [0.25, 0.3) is 0 Å². The van der Waals surface area contributed by atoms with Gasteiger partial charge in [-0.05, 0) is 13.8 Å². The fourth-order valence-electron chi connectivity index (χ4n) is 3.14. The minimum absolute atomic E-state index is 0. The Morgan fingerprint density at radius 1 is 1.06 bits per heavy atom. The number of ketones is 1. The molecule has 0 saturated carbocycles. The van der Waals surface area contributed by atoms with Crippen LogP contribution < -0.4 is 4.40 Å². The molecule has 0 saturated heterocycles. The predicted molar refractivity (Wildman–Crippen MR) is 131 cm³/mol. The van der Waals surface area contributed by atoms with Gasteiger partial charge < -0.3 is 5.11 Å². The first-order valence-corrected chi connectivity index (χ1v) is 18.0. The molecular weight excluding hydrogens is 643 g/mol. The van der Waals surface area contributed by atoms with E-state index in [-0.39, 0.29) is 31.6 Å². The Morgan fingerprint density at radius 3 is 2.32 bits per heavy atom. The van der Waals surface area contributed by atoms with E-state index in [0.29, 0.717) is 0 Å². The second kappa shape index (κ2) is 10.7. The van der Waals surface area contributed by atoms with Crippen LogP contribution in [-0.4, -0.2) is 29.1 Å². The van der Waals surface area contributed by atoms with Crippen molar-refractivity contribution in [2.45, 2.75) is 31.1 Å².